The van der Waals surface area contributed by atoms with Gasteiger partial charge in [0.15, 0.2) is 0 Å². The monoisotopic (exact) mass is 348 g/mol. The van der Waals surface area contributed by atoms with E-state index in [1.165, 1.54) is 0 Å². The minimum atomic E-state index is -0.995. The van der Waals surface area contributed by atoms with Crippen LogP contribution in [0, 0.1) is 5.92 Å². The largest absolute Gasteiger partial charge is 0.483 e. The van der Waals surface area contributed by atoms with Gasteiger partial charge in [0.25, 0.3) is 6.47 Å². The summed E-state index contributed by atoms with van der Waals surface area (Å²) in [6.45, 7) is 0.683. The van der Waals surface area contributed by atoms with Crippen molar-refractivity contribution in [1.82, 2.24) is 4.98 Å². The summed E-state index contributed by atoms with van der Waals surface area (Å²) in [4.78, 5) is 26.2. The minimum absolute atomic E-state index is 0.0411. The first-order chi connectivity index (χ1) is 12.0. The van der Waals surface area contributed by atoms with Crippen molar-refractivity contribution in [3.8, 4) is 0 Å². The Bertz CT molecular complexity index is 751. The Morgan fingerprint density at radius 2 is 2.04 bits per heavy atom. The van der Waals surface area contributed by atoms with Crippen LogP contribution in [0.4, 0.5) is 5.82 Å². The summed E-state index contributed by atoms with van der Waals surface area (Å²) in [7, 11) is 0. The van der Waals surface area contributed by atoms with Crippen LogP contribution in [-0.2, 0) is 4.79 Å². The lowest BCUT2D eigenvalue weighted by atomic mass is 9.94. The van der Waals surface area contributed by atoms with Crippen LogP contribution in [0.5, 0.6) is 0 Å². The molecule has 1 aliphatic heterocycles. The fourth-order valence-electron chi connectivity index (χ4n) is 2.90. The van der Waals surface area contributed by atoms with E-state index in [9.17, 15) is 20.1 Å². The van der Waals surface area contributed by atoms with Gasteiger partial charge in [-0.3, -0.25) is 4.79 Å². The van der Waals surface area contributed by atoms with E-state index >= 15 is 0 Å². The Morgan fingerprint density at radius 3 is 2.64 bits per heavy atom. The van der Waals surface area contributed by atoms with Gasteiger partial charge in [0.2, 0.25) is 0 Å². The van der Waals surface area contributed by atoms with E-state index < -0.39 is 12.1 Å². The number of pyridine rings is 1. The molecule has 8 nitrogen and oxygen atoms in total. The van der Waals surface area contributed by atoms with Gasteiger partial charge in [-0.2, -0.15) is 0 Å². The van der Waals surface area contributed by atoms with Crippen LogP contribution in [0.2, 0.25) is 0 Å². The molecule has 0 saturated carbocycles. The highest BCUT2D eigenvalue weighted by Gasteiger charge is 2.28. The highest BCUT2D eigenvalue weighted by Crippen LogP contribution is 2.26. The Hall–Kier alpha value is -2.71. The van der Waals surface area contributed by atoms with Gasteiger partial charge in [-0.15, -0.1) is 0 Å². The molecule has 1 aromatic carbocycles. The standard InChI is InChI=1S/C16H18N2O4.CH2O2/c19-9-10-5-6-18(8-14(10)20)15-7-12(16(21)22)11-3-1-2-4-13(11)17-15;2-1-3/h1-4,7,10,14,19-20H,5-6,8-9H2,(H,21,22);1H,(H,2,3)/t10-,14-;/m1./s1. The third-order valence-electron chi connectivity index (χ3n) is 4.21. The molecule has 1 aromatic heterocycles. The number of benzene rings is 1. The molecule has 8 heteroatoms. The Labute approximate surface area is 144 Å². The summed E-state index contributed by atoms with van der Waals surface area (Å²) < 4.78 is 0. The Balaban J connectivity index is 0.000000701. The van der Waals surface area contributed by atoms with Crippen LogP contribution in [0.25, 0.3) is 10.9 Å². The average Bonchev–Trinajstić information content (AvgIpc) is 2.61. The van der Waals surface area contributed by atoms with Gasteiger partial charge in [0.05, 0.1) is 17.2 Å². The zero-order valence-corrected chi connectivity index (χ0v) is 13.4. The van der Waals surface area contributed by atoms with Crippen molar-refractivity contribution in [3.05, 3.63) is 35.9 Å². The molecular formula is C17H20N2O6. The second kappa shape index (κ2) is 8.41. The number of nitrogens with zero attached hydrogens (tertiary/aromatic N) is 2. The van der Waals surface area contributed by atoms with Crippen molar-refractivity contribution in [2.45, 2.75) is 12.5 Å². The molecule has 0 spiro atoms. The number of aromatic carboxylic acids is 1. The Kier molecular flexibility index (Phi) is 6.26. The first-order valence-corrected chi connectivity index (χ1v) is 7.76. The van der Waals surface area contributed by atoms with E-state index in [-0.39, 0.29) is 24.6 Å². The van der Waals surface area contributed by atoms with Crippen molar-refractivity contribution in [3.63, 3.8) is 0 Å². The van der Waals surface area contributed by atoms with E-state index in [0.717, 1.165) is 0 Å². The third-order valence-corrected chi connectivity index (χ3v) is 4.21. The van der Waals surface area contributed by atoms with Crippen LogP contribution in [0.15, 0.2) is 30.3 Å². The lowest BCUT2D eigenvalue weighted by Gasteiger charge is -2.36. The van der Waals surface area contributed by atoms with E-state index in [2.05, 4.69) is 4.98 Å². The van der Waals surface area contributed by atoms with E-state index in [1.807, 2.05) is 11.0 Å². The number of hydrogen-bond acceptors (Lipinski definition) is 6. The van der Waals surface area contributed by atoms with E-state index in [1.54, 1.807) is 24.3 Å². The number of para-hydroxylation sites is 1. The quantitative estimate of drug-likeness (QED) is 0.599. The van der Waals surface area contributed by atoms with Crippen LogP contribution in [0.3, 0.4) is 0 Å². The van der Waals surface area contributed by atoms with Gasteiger partial charge in [-0.25, -0.2) is 9.78 Å². The summed E-state index contributed by atoms with van der Waals surface area (Å²) in [5.41, 5.74) is 0.829. The summed E-state index contributed by atoms with van der Waals surface area (Å²) in [5.74, 6) is -0.576. The number of piperidine rings is 1. The van der Waals surface area contributed by atoms with Crippen LogP contribution >= 0.6 is 0 Å². The van der Waals surface area contributed by atoms with Crippen molar-refractivity contribution in [2.75, 3.05) is 24.6 Å². The molecule has 1 aliphatic rings. The highest BCUT2D eigenvalue weighted by molar-refractivity contribution is 6.03. The number of aromatic nitrogens is 1. The van der Waals surface area contributed by atoms with Crippen LogP contribution in [0.1, 0.15) is 16.8 Å². The number of fused-ring (bicyclic) bond motifs is 1. The number of aliphatic hydroxyl groups excluding tert-OH is 2. The zero-order chi connectivity index (χ0) is 18.4. The molecule has 3 rings (SSSR count). The van der Waals surface area contributed by atoms with Gasteiger partial charge in [0, 0.05) is 31.0 Å². The summed E-state index contributed by atoms with van der Waals surface area (Å²) in [6, 6.07) is 8.67. The van der Waals surface area contributed by atoms with E-state index in [0.29, 0.717) is 36.2 Å². The Morgan fingerprint density at radius 1 is 1.36 bits per heavy atom. The third kappa shape index (κ3) is 4.23. The van der Waals surface area contributed by atoms with Crippen molar-refractivity contribution >= 4 is 29.2 Å². The maximum Gasteiger partial charge on any atom is 0.336 e. The number of rotatable bonds is 3. The fourth-order valence-corrected chi connectivity index (χ4v) is 2.90. The summed E-state index contributed by atoms with van der Waals surface area (Å²) in [6.07, 6.45) is 0.00879. The predicted molar refractivity (Wildman–Crippen MR) is 90.8 cm³/mol. The smallest absolute Gasteiger partial charge is 0.336 e. The average molecular weight is 348 g/mol. The first kappa shape index (κ1) is 18.6. The normalized spacial score (nSPS) is 19.8. The molecule has 134 valence electrons. The molecule has 0 aliphatic carbocycles. The van der Waals surface area contributed by atoms with Gasteiger partial charge in [0.1, 0.15) is 5.82 Å². The summed E-state index contributed by atoms with van der Waals surface area (Å²) >= 11 is 0. The molecule has 0 amide bonds. The summed E-state index contributed by atoms with van der Waals surface area (Å²) in [5, 5.41) is 36.2. The molecule has 0 radical (unpaired) electrons. The van der Waals surface area contributed by atoms with Gasteiger partial charge in [-0.1, -0.05) is 18.2 Å². The van der Waals surface area contributed by atoms with Crippen LogP contribution in [-0.4, -0.2) is 63.7 Å². The molecular weight excluding hydrogens is 328 g/mol. The van der Waals surface area contributed by atoms with Crippen molar-refractivity contribution in [2.24, 2.45) is 5.92 Å². The topological polar surface area (TPSA) is 131 Å². The molecule has 2 heterocycles. The van der Waals surface area contributed by atoms with Gasteiger partial charge < -0.3 is 25.3 Å². The molecule has 2 atom stereocenters. The molecule has 4 N–H and O–H groups in total. The van der Waals surface area contributed by atoms with Crippen molar-refractivity contribution < 1.29 is 30.0 Å². The van der Waals surface area contributed by atoms with Crippen LogP contribution < -0.4 is 4.90 Å². The molecule has 0 unspecified atom stereocenters. The van der Waals surface area contributed by atoms with Gasteiger partial charge in [-0.05, 0) is 18.6 Å². The second-order valence-electron chi connectivity index (χ2n) is 5.70. The fraction of sp³-hybridized carbons (Fsp3) is 0.353. The predicted octanol–water partition coefficient (Wildman–Crippen LogP) is 0.813. The molecule has 0 bridgehead atoms. The first-order valence-electron chi connectivity index (χ1n) is 7.76. The maximum absolute atomic E-state index is 11.5. The highest BCUT2D eigenvalue weighted by atomic mass is 16.4. The number of hydrogen-bond donors (Lipinski definition) is 4. The molecule has 1 saturated heterocycles. The lowest BCUT2D eigenvalue weighted by Crippen LogP contribution is -2.45. The molecule has 1 fully saturated rings. The number of aliphatic hydroxyl groups is 2. The minimum Gasteiger partial charge on any atom is -0.483 e. The number of anilines is 1. The lowest BCUT2D eigenvalue weighted by molar-refractivity contribution is -0.122. The number of carboxylic acids is 1. The number of carbonyl (C=O) groups is 2. The second-order valence-corrected chi connectivity index (χ2v) is 5.70. The maximum atomic E-state index is 11.5. The SMILES string of the molecule is O=C(O)c1cc(N2CC[C@H](CO)[C@H](O)C2)nc2ccccc12.O=CO. The molecule has 25 heavy (non-hydrogen) atoms. The van der Waals surface area contributed by atoms with Gasteiger partial charge >= 0.3 is 5.97 Å². The number of β-amino-alcohol motifs (C(OH)–C–C–N with tert-alkyl or cyclic N) is 1. The molecule has 2 aromatic rings. The van der Waals surface area contributed by atoms with E-state index in [4.69, 9.17) is 9.90 Å². The zero-order valence-electron chi connectivity index (χ0n) is 13.4. The van der Waals surface area contributed by atoms with Crippen molar-refractivity contribution in [1.29, 1.82) is 0 Å². The number of carboxylic acid groups (broad SMARTS) is 2.